The maximum atomic E-state index is 11.7. The Bertz CT molecular complexity index is 2040. The lowest BCUT2D eigenvalue weighted by molar-refractivity contribution is -0.164. The fourth-order valence-electron chi connectivity index (χ4n) is 5.24. The van der Waals surface area contributed by atoms with Crippen LogP contribution in [0.25, 0.3) is 11.1 Å². The smallest absolute Gasteiger partial charge is 0.340 e. The van der Waals surface area contributed by atoms with Gasteiger partial charge < -0.3 is 24.4 Å². The number of hydrogen-bond acceptors (Lipinski definition) is 6. The van der Waals surface area contributed by atoms with E-state index in [4.69, 9.17) is 14.2 Å². The van der Waals surface area contributed by atoms with Gasteiger partial charge in [0.25, 0.3) is 0 Å². The molecule has 4 rings (SSSR count). The van der Waals surface area contributed by atoms with Gasteiger partial charge in [-0.25, -0.2) is 9.59 Å². The van der Waals surface area contributed by atoms with Crippen LogP contribution < -0.4 is 4.74 Å². The van der Waals surface area contributed by atoms with Crippen LogP contribution in [-0.4, -0.2) is 53.8 Å². The van der Waals surface area contributed by atoms with Crippen molar-refractivity contribution in [3.63, 3.8) is 0 Å². The number of carboxylic acids is 2. The Morgan fingerprint density at radius 1 is 0.759 bits per heavy atom. The number of thioether (sulfide) groups is 1. The minimum Gasteiger partial charge on any atom is -0.490 e. The highest BCUT2D eigenvalue weighted by Gasteiger charge is 2.35. The molecule has 54 heavy (non-hydrogen) atoms. The first-order valence-electron chi connectivity index (χ1n) is 17.8. The number of aliphatic carboxylic acids is 2. The van der Waals surface area contributed by atoms with Gasteiger partial charge in [-0.05, 0) is 123 Å². The molecule has 0 bridgehead atoms. The fourth-order valence-corrected chi connectivity index (χ4v) is 6.10. The highest BCUT2D eigenvalue weighted by Crippen LogP contribution is 2.28. The Labute approximate surface area is 323 Å². The van der Waals surface area contributed by atoms with Crippen molar-refractivity contribution in [2.75, 3.05) is 25.6 Å². The van der Waals surface area contributed by atoms with E-state index >= 15 is 0 Å². The van der Waals surface area contributed by atoms with Crippen LogP contribution in [0.4, 0.5) is 0 Å². The third-order valence-corrected chi connectivity index (χ3v) is 9.36. The van der Waals surface area contributed by atoms with Gasteiger partial charge in [0.05, 0.1) is 0 Å². The molecule has 0 radical (unpaired) electrons. The minimum absolute atomic E-state index is 0.290. The lowest BCUT2D eigenvalue weighted by Gasteiger charge is -2.25. The molecule has 2 atom stereocenters. The van der Waals surface area contributed by atoms with Gasteiger partial charge in [-0.2, -0.15) is 0 Å². The molecule has 0 saturated carbocycles. The summed E-state index contributed by atoms with van der Waals surface area (Å²) in [4.78, 5) is 24.2. The van der Waals surface area contributed by atoms with E-state index in [-0.39, 0.29) is 0 Å². The maximum Gasteiger partial charge on any atom is 0.340 e. The van der Waals surface area contributed by atoms with Crippen molar-refractivity contribution < 1.29 is 34.0 Å². The van der Waals surface area contributed by atoms with Crippen LogP contribution in [-0.2, 0) is 31.1 Å². The molecule has 4 aromatic rings. The second-order valence-corrected chi connectivity index (χ2v) is 13.6. The molecule has 8 heteroatoms. The molecule has 0 aliphatic heterocycles. The van der Waals surface area contributed by atoms with Gasteiger partial charge in [-0.15, -0.1) is 11.8 Å². The van der Waals surface area contributed by atoms with E-state index in [1.165, 1.54) is 0 Å². The summed E-state index contributed by atoms with van der Waals surface area (Å²) < 4.78 is 16.6. The van der Waals surface area contributed by atoms with Crippen LogP contribution >= 0.6 is 11.8 Å². The Morgan fingerprint density at radius 2 is 1.31 bits per heavy atom. The van der Waals surface area contributed by atoms with E-state index in [9.17, 15) is 19.8 Å². The van der Waals surface area contributed by atoms with E-state index in [2.05, 4.69) is 54.0 Å². The van der Waals surface area contributed by atoms with Crippen LogP contribution in [0.3, 0.4) is 0 Å². The maximum absolute atomic E-state index is 11.7. The van der Waals surface area contributed by atoms with Crippen molar-refractivity contribution in [3.05, 3.63) is 143 Å². The molecule has 2 N–H and O–H groups in total. The summed E-state index contributed by atoms with van der Waals surface area (Å²) in [5.74, 6) is 12.3. The van der Waals surface area contributed by atoms with Crippen molar-refractivity contribution in [2.24, 2.45) is 0 Å². The summed E-state index contributed by atoms with van der Waals surface area (Å²) in [5.41, 5.74) is 5.99. The molecule has 0 aliphatic carbocycles. The fraction of sp³-hybridized carbons (Fsp3) is 0.261. The average Bonchev–Trinajstić information content (AvgIpc) is 3.17. The first kappa shape index (κ1) is 41.2. The molecule has 0 saturated heterocycles. The molecule has 2 unspecified atom stereocenters. The Kier molecular flexibility index (Phi) is 15.8. The van der Waals surface area contributed by atoms with E-state index in [1.807, 2.05) is 68.5 Å². The molecular formula is C46H46O7S. The molecule has 278 valence electrons. The normalized spacial score (nSPS) is 13.1. The largest absolute Gasteiger partial charge is 0.490 e. The van der Waals surface area contributed by atoms with E-state index in [1.54, 1.807) is 56.8 Å². The predicted molar refractivity (Wildman–Crippen MR) is 216 cm³/mol. The standard InChI is InChI=1S/C46H46O7S/c1-6-51-43(44(47)48)32-37-16-26-42(27-17-37)54-31-29-34(4)9-11-36-14-20-39(21-15-36)38-18-12-35(13-19-38)10-8-33(3)28-30-52-41-24-22-40(23-25-41)46(5,45(49)50)53-7-2/h12-29,43H,6-7,30-32H2,1-5H3,(H,47,48)(H,49,50). The summed E-state index contributed by atoms with van der Waals surface area (Å²) in [5, 5.41) is 18.9. The second-order valence-electron chi connectivity index (χ2n) is 12.5. The van der Waals surface area contributed by atoms with Gasteiger partial charge in [-0.3, -0.25) is 0 Å². The number of ether oxygens (including phenoxy) is 3. The molecule has 0 heterocycles. The molecule has 0 aromatic heterocycles. The summed E-state index contributed by atoms with van der Waals surface area (Å²) in [6.45, 7) is 10.0. The first-order valence-corrected chi connectivity index (χ1v) is 18.7. The van der Waals surface area contributed by atoms with E-state index < -0.39 is 23.6 Å². The van der Waals surface area contributed by atoms with Gasteiger partial charge in [-0.1, -0.05) is 78.3 Å². The summed E-state index contributed by atoms with van der Waals surface area (Å²) in [7, 11) is 0. The monoisotopic (exact) mass is 742 g/mol. The minimum atomic E-state index is -1.41. The molecular weight excluding hydrogens is 697 g/mol. The lowest BCUT2D eigenvalue weighted by atomic mass is 9.96. The van der Waals surface area contributed by atoms with Crippen molar-refractivity contribution in [1.82, 2.24) is 0 Å². The molecule has 4 aromatic carbocycles. The van der Waals surface area contributed by atoms with Crippen molar-refractivity contribution in [2.45, 2.75) is 57.6 Å². The van der Waals surface area contributed by atoms with E-state index in [0.717, 1.165) is 49.6 Å². The molecule has 0 aliphatic rings. The summed E-state index contributed by atoms with van der Waals surface area (Å²) in [6.07, 6.45) is 3.53. The van der Waals surface area contributed by atoms with Gasteiger partial charge >= 0.3 is 11.9 Å². The molecule has 0 amide bonds. The highest BCUT2D eigenvalue weighted by molar-refractivity contribution is 7.99. The van der Waals surface area contributed by atoms with Crippen LogP contribution in [0, 0.1) is 23.7 Å². The SMILES string of the molecule is CCOC(Cc1ccc(SCC=C(C)C#Cc2ccc(-c3ccc(C#CC(C)=CCOc4ccc(C(C)(OCC)C(=O)O)cc4)cc3)cc2)cc1)C(=O)O. The van der Waals surface area contributed by atoms with Gasteiger partial charge in [0.1, 0.15) is 12.4 Å². The van der Waals surface area contributed by atoms with Crippen LogP contribution in [0.5, 0.6) is 5.75 Å². The molecule has 0 spiro atoms. The number of carboxylic acid groups (broad SMARTS) is 2. The third kappa shape index (κ3) is 12.6. The van der Waals surface area contributed by atoms with Crippen LogP contribution in [0.1, 0.15) is 56.9 Å². The zero-order valence-corrected chi connectivity index (χ0v) is 32.2. The number of benzene rings is 4. The zero-order chi connectivity index (χ0) is 38.9. The quantitative estimate of drug-likeness (QED) is 0.0866. The van der Waals surface area contributed by atoms with Crippen LogP contribution in [0.2, 0.25) is 0 Å². The number of allylic oxidation sites excluding steroid dienone is 2. The Morgan fingerprint density at radius 3 is 1.81 bits per heavy atom. The lowest BCUT2D eigenvalue weighted by Crippen LogP contribution is -2.35. The number of rotatable bonds is 16. The van der Waals surface area contributed by atoms with Crippen molar-refractivity contribution in [1.29, 1.82) is 0 Å². The third-order valence-electron chi connectivity index (χ3n) is 8.42. The Hall–Kier alpha value is -5.51. The number of carbonyl (C=O) groups is 2. The van der Waals surface area contributed by atoms with Crippen LogP contribution in [0.15, 0.2) is 125 Å². The summed E-state index contributed by atoms with van der Waals surface area (Å²) >= 11 is 1.70. The second kappa shape index (κ2) is 20.7. The summed E-state index contributed by atoms with van der Waals surface area (Å²) in [6, 6.07) is 31.1. The zero-order valence-electron chi connectivity index (χ0n) is 31.3. The van der Waals surface area contributed by atoms with Crippen molar-refractivity contribution in [3.8, 4) is 40.6 Å². The van der Waals surface area contributed by atoms with Gasteiger partial charge in [0.15, 0.2) is 11.7 Å². The topological polar surface area (TPSA) is 102 Å². The Balaban J connectivity index is 1.24. The van der Waals surface area contributed by atoms with E-state index in [0.29, 0.717) is 37.6 Å². The van der Waals surface area contributed by atoms with Crippen molar-refractivity contribution >= 4 is 23.7 Å². The number of hydrogen-bond donors (Lipinski definition) is 2. The molecule has 7 nitrogen and oxygen atoms in total. The van der Waals surface area contributed by atoms with Gasteiger partial charge in [0.2, 0.25) is 0 Å². The average molecular weight is 743 g/mol. The highest BCUT2D eigenvalue weighted by atomic mass is 32.2. The predicted octanol–water partition coefficient (Wildman–Crippen LogP) is 9.19. The molecule has 0 fully saturated rings. The first-order chi connectivity index (χ1) is 26.0. The van der Waals surface area contributed by atoms with Gasteiger partial charge in [0, 0.05) is 41.4 Å².